The molecule has 5 heteroatoms. The highest BCUT2D eigenvalue weighted by Crippen LogP contribution is 2.15. The van der Waals surface area contributed by atoms with Crippen molar-refractivity contribution in [1.29, 1.82) is 0 Å². The van der Waals surface area contributed by atoms with Gasteiger partial charge in [-0.3, -0.25) is 0 Å². The highest BCUT2D eigenvalue weighted by atomic mass is 35.5. The fraction of sp³-hybridized carbons (Fsp3) is 0.692. The molecule has 0 aliphatic rings. The third-order valence-corrected chi connectivity index (χ3v) is 3.34. The summed E-state index contributed by atoms with van der Waals surface area (Å²) in [6.45, 7) is 6.65. The lowest BCUT2D eigenvalue weighted by molar-refractivity contribution is 0.114. The van der Waals surface area contributed by atoms with Crippen molar-refractivity contribution in [1.82, 2.24) is 9.97 Å². The Morgan fingerprint density at radius 1 is 1.28 bits per heavy atom. The predicted molar refractivity (Wildman–Crippen MR) is 75.0 cm³/mol. The maximum Gasteiger partial charge on any atom is 0.134 e. The summed E-state index contributed by atoms with van der Waals surface area (Å²) in [6.07, 6.45) is 2.33. The first-order chi connectivity index (χ1) is 8.60. The Morgan fingerprint density at radius 3 is 2.50 bits per heavy atom. The van der Waals surface area contributed by atoms with Crippen molar-refractivity contribution in [3.63, 3.8) is 0 Å². The molecule has 1 atom stereocenters. The largest absolute Gasteiger partial charge is 0.391 e. The third-order valence-electron chi connectivity index (χ3n) is 3.14. The minimum absolute atomic E-state index is 0.320. The molecule has 0 amide bonds. The molecule has 0 spiro atoms. The number of nitrogens with one attached hydrogen (secondary N) is 1. The van der Waals surface area contributed by atoms with Crippen molar-refractivity contribution >= 4 is 17.4 Å². The normalized spacial score (nSPS) is 12.8. The van der Waals surface area contributed by atoms with Crippen molar-refractivity contribution < 1.29 is 5.11 Å². The molecule has 1 aromatic rings. The molecule has 0 aromatic carbocycles. The van der Waals surface area contributed by atoms with Crippen molar-refractivity contribution in [2.24, 2.45) is 5.92 Å². The van der Waals surface area contributed by atoms with Crippen molar-refractivity contribution in [3.05, 3.63) is 17.0 Å². The quantitative estimate of drug-likeness (QED) is 0.749. The van der Waals surface area contributed by atoms with E-state index in [1.54, 1.807) is 6.07 Å². The highest BCUT2D eigenvalue weighted by molar-refractivity contribution is 6.29. The van der Waals surface area contributed by atoms with Crippen LogP contribution in [0.3, 0.4) is 0 Å². The number of hydrogen-bond donors (Lipinski definition) is 2. The van der Waals surface area contributed by atoms with E-state index in [2.05, 4.69) is 29.1 Å². The molecule has 2 N–H and O–H groups in total. The monoisotopic (exact) mass is 271 g/mol. The molecular formula is C13H22ClN3O. The Labute approximate surface area is 114 Å². The molecule has 0 saturated heterocycles. The van der Waals surface area contributed by atoms with Gasteiger partial charge in [0.05, 0.1) is 6.10 Å². The van der Waals surface area contributed by atoms with Gasteiger partial charge in [0.2, 0.25) is 0 Å². The molecule has 1 unspecified atom stereocenters. The molecule has 0 bridgehead atoms. The lowest BCUT2D eigenvalue weighted by atomic mass is 9.97. The summed E-state index contributed by atoms with van der Waals surface area (Å²) in [5.41, 5.74) is 0. The van der Waals surface area contributed by atoms with Crippen LogP contribution in [-0.2, 0) is 6.42 Å². The number of anilines is 1. The van der Waals surface area contributed by atoms with E-state index in [0.717, 1.165) is 19.3 Å². The number of aliphatic hydroxyl groups excluding tert-OH is 1. The first-order valence-corrected chi connectivity index (χ1v) is 6.93. The van der Waals surface area contributed by atoms with Crippen LogP contribution >= 0.6 is 11.6 Å². The van der Waals surface area contributed by atoms with E-state index in [0.29, 0.717) is 29.3 Å². The molecule has 18 heavy (non-hydrogen) atoms. The van der Waals surface area contributed by atoms with Gasteiger partial charge >= 0.3 is 0 Å². The topological polar surface area (TPSA) is 58.0 Å². The summed E-state index contributed by atoms with van der Waals surface area (Å²) < 4.78 is 0. The predicted octanol–water partition coefficient (Wildman–Crippen LogP) is 2.90. The Bertz CT molecular complexity index is 369. The van der Waals surface area contributed by atoms with Crippen molar-refractivity contribution in [2.45, 2.75) is 46.1 Å². The van der Waals surface area contributed by atoms with Gasteiger partial charge < -0.3 is 10.4 Å². The SMILES string of the molecule is CCc1nc(Cl)cc(NCC(O)C(CC)CC)n1. The van der Waals surface area contributed by atoms with E-state index < -0.39 is 0 Å². The number of aromatic nitrogens is 2. The molecule has 1 heterocycles. The van der Waals surface area contributed by atoms with Crippen LogP contribution in [0.1, 0.15) is 39.4 Å². The van der Waals surface area contributed by atoms with Crippen LogP contribution in [-0.4, -0.2) is 27.7 Å². The smallest absolute Gasteiger partial charge is 0.134 e. The second kappa shape index (κ2) is 7.54. The number of rotatable bonds is 7. The molecule has 0 radical (unpaired) electrons. The van der Waals surface area contributed by atoms with Gasteiger partial charge in [-0.05, 0) is 5.92 Å². The van der Waals surface area contributed by atoms with E-state index in [1.165, 1.54) is 0 Å². The summed E-state index contributed by atoms with van der Waals surface area (Å²) in [5, 5.41) is 13.6. The molecule has 102 valence electrons. The highest BCUT2D eigenvalue weighted by Gasteiger charge is 2.15. The summed E-state index contributed by atoms with van der Waals surface area (Å²) in [4.78, 5) is 8.42. The van der Waals surface area contributed by atoms with Crippen LogP contribution in [0.5, 0.6) is 0 Å². The van der Waals surface area contributed by atoms with Gasteiger partial charge in [0, 0.05) is 19.0 Å². The van der Waals surface area contributed by atoms with Crippen LogP contribution in [0.25, 0.3) is 0 Å². The zero-order valence-corrected chi connectivity index (χ0v) is 12.0. The minimum atomic E-state index is -0.362. The van der Waals surface area contributed by atoms with Crippen LogP contribution in [0, 0.1) is 5.92 Å². The molecule has 4 nitrogen and oxygen atoms in total. The molecule has 1 rings (SSSR count). The van der Waals surface area contributed by atoms with Gasteiger partial charge in [-0.2, -0.15) is 0 Å². The van der Waals surface area contributed by atoms with Crippen LogP contribution in [0.2, 0.25) is 5.15 Å². The summed E-state index contributed by atoms with van der Waals surface area (Å²) in [7, 11) is 0. The summed E-state index contributed by atoms with van der Waals surface area (Å²) >= 11 is 5.91. The van der Waals surface area contributed by atoms with Crippen LogP contribution in [0.15, 0.2) is 6.07 Å². The van der Waals surface area contributed by atoms with Gasteiger partial charge in [-0.25, -0.2) is 9.97 Å². The lowest BCUT2D eigenvalue weighted by Crippen LogP contribution is -2.28. The van der Waals surface area contributed by atoms with Gasteiger partial charge in [-0.15, -0.1) is 0 Å². The molecule has 1 aromatic heterocycles. The fourth-order valence-corrected chi connectivity index (χ4v) is 2.12. The third kappa shape index (κ3) is 4.42. The molecule has 0 aliphatic heterocycles. The van der Waals surface area contributed by atoms with Crippen LogP contribution < -0.4 is 5.32 Å². The minimum Gasteiger partial charge on any atom is -0.391 e. The maximum absolute atomic E-state index is 10.0. The molecular weight excluding hydrogens is 250 g/mol. The van der Waals surface area contributed by atoms with E-state index in [4.69, 9.17) is 11.6 Å². The first kappa shape index (κ1) is 15.2. The second-order valence-corrected chi connectivity index (χ2v) is 4.76. The summed E-state index contributed by atoms with van der Waals surface area (Å²) in [6, 6.07) is 1.68. The Morgan fingerprint density at radius 2 is 1.94 bits per heavy atom. The zero-order chi connectivity index (χ0) is 13.5. The Kier molecular flexibility index (Phi) is 6.36. The maximum atomic E-state index is 10.0. The fourth-order valence-electron chi connectivity index (χ4n) is 1.92. The number of hydrogen-bond acceptors (Lipinski definition) is 4. The van der Waals surface area contributed by atoms with E-state index in [9.17, 15) is 5.11 Å². The van der Waals surface area contributed by atoms with E-state index in [1.807, 2.05) is 6.92 Å². The number of aliphatic hydroxyl groups is 1. The number of halogens is 1. The average molecular weight is 272 g/mol. The number of nitrogens with zero attached hydrogens (tertiary/aromatic N) is 2. The first-order valence-electron chi connectivity index (χ1n) is 6.56. The second-order valence-electron chi connectivity index (χ2n) is 4.37. The lowest BCUT2D eigenvalue weighted by Gasteiger charge is -2.20. The Balaban J connectivity index is 2.60. The number of aryl methyl sites for hydroxylation is 1. The van der Waals surface area contributed by atoms with E-state index >= 15 is 0 Å². The van der Waals surface area contributed by atoms with Gasteiger partial charge in [0.15, 0.2) is 0 Å². The zero-order valence-electron chi connectivity index (χ0n) is 11.3. The van der Waals surface area contributed by atoms with E-state index in [-0.39, 0.29) is 6.10 Å². The summed E-state index contributed by atoms with van der Waals surface area (Å²) in [5.74, 6) is 1.71. The molecule has 0 aliphatic carbocycles. The van der Waals surface area contributed by atoms with Crippen LogP contribution in [0.4, 0.5) is 5.82 Å². The molecule has 0 saturated carbocycles. The van der Waals surface area contributed by atoms with Gasteiger partial charge in [0.1, 0.15) is 16.8 Å². The average Bonchev–Trinajstić information content (AvgIpc) is 2.37. The van der Waals surface area contributed by atoms with Crippen molar-refractivity contribution in [3.8, 4) is 0 Å². The Hall–Kier alpha value is -0.870. The van der Waals surface area contributed by atoms with Gasteiger partial charge in [0.25, 0.3) is 0 Å². The standard InChI is InChI=1S/C13H22ClN3O/c1-4-9(5-2)10(18)8-15-13-7-11(14)16-12(6-3)17-13/h7,9-10,18H,4-6,8H2,1-3H3,(H,15,16,17). The van der Waals surface area contributed by atoms with Gasteiger partial charge in [-0.1, -0.05) is 45.2 Å². The molecule has 0 fully saturated rings. The van der Waals surface area contributed by atoms with Crippen molar-refractivity contribution in [2.75, 3.05) is 11.9 Å².